The number of carbonyl (C=O) groups is 2. The van der Waals surface area contributed by atoms with E-state index in [-0.39, 0.29) is 24.3 Å². The summed E-state index contributed by atoms with van der Waals surface area (Å²) in [6, 6.07) is 17.3. The molecule has 0 radical (unpaired) electrons. The summed E-state index contributed by atoms with van der Waals surface area (Å²) in [6.45, 7) is 0.654. The fraction of sp³-hybridized carbons (Fsp3) is 0.263. The molecule has 1 saturated heterocycles. The minimum atomic E-state index is -0.979. The lowest BCUT2D eigenvalue weighted by Crippen LogP contribution is -2.46. The number of anilines is 1. The zero-order chi connectivity index (χ0) is 17.8. The number of hydrogen-bond acceptors (Lipinski definition) is 2. The van der Waals surface area contributed by atoms with Crippen LogP contribution in [0.2, 0.25) is 0 Å². The smallest absolute Gasteiger partial charge is 0.407 e. The maximum Gasteiger partial charge on any atom is 0.407 e. The molecule has 1 aliphatic rings. The summed E-state index contributed by atoms with van der Waals surface area (Å²) >= 11 is 2.21. The summed E-state index contributed by atoms with van der Waals surface area (Å²) < 4.78 is 1.09. The second kappa shape index (κ2) is 7.86. The van der Waals surface area contributed by atoms with Crippen LogP contribution in [0.1, 0.15) is 17.9 Å². The molecular weight excluding hydrogens is 431 g/mol. The standard InChI is InChI=1S/C19H19IN2O3/c20-16-6-8-17(9-7-16)21-18(23)15-10-14(11-22(12-15)19(24)25)13-4-2-1-3-5-13/h1-9,14-15H,10-12H2,(H,21,23)(H,24,25). The van der Waals surface area contributed by atoms with Crippen molar-refractivity contribution >= 4 is 40.3 Å². The minimum absolute atomic E-state index is 0.0264. The Kier molecular flexibility index (Phi) is 5.57. The molecule has 2 amide bonds. The van der Waals surface area contributed by atoms with E-state index in [0.29, 0.717) is 13.0 Å². The first-order valence-electron chi connectivity index (χ1n) is 8.12. The van der Waals surface area contributed by atoms with Gasteiger partial charge in [-0.1, -0.05) is 30.3 Å². The van der Waals surface area contributed by atoms with Crippen molar-refractivity contribution in [2.75, 3.05) is 18.4 Å². The average Bonchev–Trinajstić information content (AvgIpc) is 2.64. The van der Waals surface area contributed by atoms with Gasteiger partial charge >= 0.3 is 6.09 Å². The molecule has 1 heterocycles. The highest BCUT2D eigenvalue weighted by Gasteiger charge is 2.34. The van der Waals surface area contributed by atoms with Crippen LogP contribution in [0.5, 0.6) is 0 Å². The van der Waals surface area contributed by atoms with Crippen LogP contribution in [0.3, 0.4) is 0 Å². The molecule has 2 aromatic carbocycles. The van der Waals surface area contributed by atoms with Gasteiger partial charge in [0.05, 0.1) is 5.92 Å². The van der Waals surface area contributed by atoms with Gasteiger partial charge in [0.25, 0.3) is 0 Å². The summed E-state index contributed by atoms with van der Waals surface area (Å²) in [6.07, 6.45) is -0.336. The lowest BCUT2D eigenvalue weighted by atomic mass is 9.84. The van der Waals surface area contributed by atoms with E-state index in [0.717, 1.165) is 14.8 Å². The van der Waals surface area contributed by atoms with Crippen LogP contribution in [0.4, 0.5) is 10.5 Å². The van der Waals surface area contributed by atoms with Gasteiger partial charge in [-0.05, 0) is 58.8 Å². The number of benzene rings is 2. The Morgan fingerprint density at radius 1 is 1.04 bits per heavy atom. The maximum atomic E-state index is 12.7. The molecule has 2 atom stereocenters. The van der Waals surface area contributed by atoms with Crippen LogP contribution in [0.25, 0.3) is 0 Å². The third kappa shape index (κ3) is 4.50. The van der Waals surface area contributed by atoms with E-state index < -0.39 is 6.09 Å². The number of amides is 2. The van der Waals surface area contributed by atoms with E-state index in [1.165, 1.54) is 4.90 Å². The van der Waals surface area contributed by atoms with Crippen molar-refractivity contribution in [2.45, 2.75) is 12.3 Å². The first-order valence-corrected chi connectivity index (χ1v) is 9.20. The molecule has 6 heteroatoms. The highest BCUT2D eigenvalue weighted by molar-refractivity contribution is 14.1. The summed E-state index contributed by atoms with van der Waals surface area (Å²) in [5, 5.41) is 12.3. The molecule has 2 aromatic rings. The van der Waals surface area contributed by atoms with Crippen molar-refractivity contribution in [3.05, 3.63) is 63.7 Å². The molecule has 3 rings (SSSR count). The van der Waals surface area contributed by atoms with Crippen molar-refractivity contribution in [3.8, 4) is 0 Å². The SMILES string of the molecule is O=C(Nc1ccc(I)cc1)C1CC(c2ccccc2)CN(C(=O)O)C1. The van der Waals surface area contributed by atoms with Gasteiger partial charge in [-0.3, -0.25) is 4.79 Å². The Labute approximate surface area is 160 Å². The summed E-state index contributed by atoms with van der Waals surface area (Å²) in [5.74, 6) is -0.471. The van der Waals surface area contributed by atoms with Crippen molar-refractivity contribution < 1.29 is 14.7 Å². The van der Waals surface area contributed by atoms with Gasteiger partial charge in [0.2, 0.25) is 5.91 Å². The first kappa shape index (κ1) is 17.7. The van der Waals surface area contributed by atoms with Gasteiger partial charge in [0, 0.05) is 28.3 Å². The highest BCUT2D eigenvalue weighted by Crippen LogP contribution is 2.31. The number of likely N-dealkylation sites (tertiary alicyclic amines) is 1. The Balaban J connectivity index is 1.75. The zero-order valence-corrected chi connectivity index (χ0v) is 15.7. The lowest BCUT2D eigenvalue weighted by Gasteiger charge is -2.35. The van der Waals surface area contributed by atoms with Crippen LogP contribution < -0.4 is 5.32 Å². The van der Waals surface area contributed by atoms with Gasteiger partial charge in [0.1, 0.15) is 0 Å². The quantitative estimate of drug-likeness (QED) is 0.695. The summed E-state index contributed by atoms with van der Waals surface area (Å²) in [7, 11) is 0. The number of carbonyl (C=O) groups excluding carboxylic acids is 1. The topological polar surface area (TPSA) is 69.6 Å². The van der Waals surface area contributed by atoms with E-state index in [1.54, 1.807) is 0 Å². The van der Waals surface area contributed by atoms with Crippen LogP contribution >= 0.6 is 22.6 Å². The highest BCUT2D eigenvalue weighted by atomic mass is 127. The fourth-order valence-corrected chi connectivity index (χ4v) is 3.55. The second-order valence-corrected chi connectivity index (χ2v) is 7.47. The Hall–Kier alpha value is -2.09. The number of rotatable bonds is 3. The van der Waals surface area contributed by atoms with E-state index in [2.05, 4.69) is 27.9 Å². The van der Waals surface area contributed by atoms with E-state index >= 15 is 0 Å². The van der Waals surface area contributed by atoms with Crippen LogP contribution in [0.15, 0.2) is 54.6 Å². The third-order valence-corrected chi connectivity index (χ3v) is 5.19. The summed E-state index contributed by atoms with van der Waals surface area (Å²) in [4.78, 5) is 25.5. The zero-order valence-electron chi connectivity index (χ0n) is 13.6. The average molecular weight is 450 g/mol. The maximum absolute atomic E-state index is 12.7. The van der Waals surface area contributed by atoms with Gasteiger partial charge in [0.15, 0.2) is 0 Å². The number of nitrogens with zero attached hydrogens (tertiary/aromatic N) is 1. The number of halogens is 1. The number of hydrogen-bond donors (Lipinski definition) is 2. The van der Waals surface area contributed by atoms with Gasteiger partial charge in [-0.2, -0.15) is 0 Å². The van der Waals surface area contributed by atoms with E-state index in [1.807, 2.05) is 54.6 Å². The Morgan fingerprint density at radius 3 is 2.36 bits per heavy atom. The van der Waals surface area contributed by atoms with Crippen LogP contribution in [-0.4, -0.2) is 35.1 Å². The summed E-state index contributed by atoms with van der Waals surface area (Å²) in [5.41, 5.74) is 1.80. The van der Waals surface area contributed by atoms with Gasteiger partial charge < -0.3 is 15.3 Å². The van der Waals surface area contributed by atoms with Crippen molar-refractivity contribution in [1.29, 1.82) is 0 Å². The molecule has 25 heavy (non-hydrogen) atoms. The fourth-order valence-electron chi connectivity index (χ4n) is 3.19. The molecule has 0 bridgehead atoms. The van der Waals surface area contributed by atoms with Crippen LogP contribution in [0, 0.1) is 9.49 Å². The molecule has 0 aliphatic carbocycles. The van der Waals surface area contributed by atoms with Gasteiger partial charge in [-0.15, -0.1) is 0 Å². The van der Waals surface area contributed by atoms with Crippen molar-refractivity contribution in [3.63, 3.8) is 0 Å². The molecule has 5 nitrogen and oxygen atoms in total. The largest absolute Gasteiger partial charge is 0.465 e. The normalized spacial score (nSPS) is 20.1. The number of nitrogens with one attached hydrogen (secondary N) is 1. The number of piperidine rings is 1. The molecular formula is C19H19IN2O3. The van der Waals surface area contributed by atoms with Crippen molar-refractivity contribution in [2.24, 2.45) is 5.92 Å². The molecule has 0 spiro atoms. The molecule has 130 valence electrons. The predicted octanol–water partition coefficient (Wildman–Crippen LogP) is 4.01. The van der Waals surface area contributed by atoms with E-state index in [4.69, 9.17) is 0 Å². The monoisotopic (exact) mass is 450 g/mol. The van der Waals surface area contributed by atoms with Crippen LogP contribution in [-0.2, 0) is 4.79 Å². The van der Waals surface area contributed by atoms with Gasteiger partial charge in [-0.25, -0.2) is 4.79 Å². The first-order chi connectivity index (χ1) is 12.0. The van der Waals surface area contributed by atoms with Crippen molar-refractivity contribution in [1.82, 2.24) is 4.90 Å². The number of carboxylic acid groups (broad SMARTS) is 1. The molecule has 1 aliphatic heterocycles. The predicted molar refractivity (Wildman–Crippen MR) is 105 cm³/mol. The molecule has 2 unspecified atom stereocenters. The van der Waals surface area contributed by atoms with E-state index in [9.17, 15) is 14.7 Å². The Morgan fingerprint density at radius 2 is 1.72 bits per heavy atom. The Bertz CT molecular complexity index is 749. The third-order valence-electron chi connectivity index (χ3n) is 4.47. The second-order valence-electron chi connectivity index (χ2n) is 6.22. The molecule has 0 saturated carbocycles. The molecule has 0 aromatic heterocycles. The molecule has 2 N–H and O–H groups in total. The molecule has 1 fully saturated rings. The minimum Gasteiger partial charge on any atom is -0.465 e. The lowest BCUT2D eigenvalue weighted by molar-refractivity contribution is -0.121.